The zero-order chi connectivity index (χ0) is 19.2. The summed E-state index contributed by atoms with van der Waals surface area (Å²) in [5.74, 6) is -0.137. The van der Waals surface area contributed by atoms with Gasteiger partial charge in [0.05, 0.1) is 18.3 Å². The van der Waals surface area contributed by atoms with Crippen molar-refractivity contribution in [3.8, 4) is 0 Å². The van der Waals surface area contributed by atoms with Gasteiger partial charge in [-0.05, 0) is 42.7 Å². The Morgan fingerprint density at radius 1 is 0.929 bits per heavy atom. The van der Waals surface area contributed by atoms with Crippen LogP contribution in [0.5, 0.6) is 0 Å². The zero-order valence-corrected chi connectivity index (χ0v) is 16.1. The number of rotatable bonds is 5. The molecule has 1 aromatic heterocycles. The number of benzene rings is 2. The third-order valence-electron chi connectivity index (χ3n) is 5.18. The van der Waals surface area contributed by atoms with Gasteiger partial charge in [-0.25, -0.2) is 0 Å². The van der Waals surface area contributed by atoms with Crippen molar-refractivity contribution >= 4 is 17.3 Å². The first-order valence-electron chi connectivity index (χ1n) is 10.0. The fraction of sp³-hybridized carbons (Fsp3) is 0.304. The van der Waals surface area contributed by atoms with Crippen LogP contribution in [0.25, 0.3) is 0 Å². The normalized spacial score (nSPS) is 14.5. The highest BCUT2D eigenvalue weighted by Crippen LogP contribution is 2.22. The summed E-state index contributed by atoms with van der Waals surface area (Å²) < 4.78 is 1.78. The van der Waals surface area contributed by atoms with E-state index in [2.05, 4.69) is 27.4 Å². The fourth-order valence-electron chi connectivity index (χ4n) is 3.63. The molecular weight excluding hydrogens is 348 g/mol. The first-order chi connectivity index (χ1) is 13.8. The highest BCUT2D eigenvalue weighted by atomic mass is 16.1. The summed E-state index contributed by atoms with van der Waals surface area (Å²) in [4.78, 5) is 15.0. The molecule has 3 aromatic rings. The van der Waals surface area contributed by atoms with Crippen molar-refractivity contribution in [1.29, 1.82) is 0 Å². The molecule has 1 saturated heterocycles. The van der Waals surface area contributed by atoms with Gasteiger partial charge in [0.1, 0.15) is 0 Å². The zero-order valence-electron chi connectivity index (χ0n) is 16.1. The van der Waals surface area contributed by atoms with Gasteiger partial charge in [-0.2, -0.15) is 5.10 Å². The van der Waals surface area contributed by atoms with E-state index in [0.29, 0.717) is 12.1 Å². The number of nitrogens with zero attached hydrogens (tertiary/aromatic N) is 3. The highest BCUT2D eigenvalue weighted by molar-refractivity contribution is 6.04. The van der Waals surface area contributed by atoms with Crippen molar-refractivity contribution in [3.63, 3.8) is 0 Å². The minimum absolute atomic E-state index is 0.137. The second-order valence-corrected chi connectivity index (χ2v) is 7.31. The highest BCUT2D eigenvalue weighted by Gasteiger charge is 2.12. The van der Waals surface area contributed by atoms with Crippen molar-refractivity contribution in [2.75, 3.05) is 23.3 Å². The van der Waals surface area contributed by atoms with E-state index < -0.39 is 0 Å². The monoisotopic (exact) mass is 374 g/mol. The second-order valence-electron chi connectivity index (χ2n) is 7.31. The topological polar surface area (TPSA) is 50.2 Å². The van der Waals surface area contributed by atoms with E-state index in [1.54, 1.807) is 17.1 Å². The average molecular weight is 374 g/mol. The third-order valence-corrected chi connectivity index (χ3v) is 5.18. The smallest absolute Gasteiger partial charge is 0.258 e. The molecule has 1 N–H and O–H groups in total. The third kappa shape index (κ3) is 4.60. The van der Waals surface area contributed by atoms with Gasteiger partial charge in [0.2, 0.25) is 0 Å². The Labute approximate surface area is 166 Å². The van der Waals surface area contributed by atoms with Crippen molar-refractivity contribution in [3.05, 3.63) is 78.1 Å². The number of anilines is 2. The maximum atomic E-state index is 12.5. The van der Waals surface area contributed by atoms with Crippen LogP contribution < -0.4 is 10.2 Å². The Hall–Kier alpha value is -3.08. The molecule has 5 nitrogen and oxygen atoms in total. The van der Waals surface area contributed by atoms with Gasteiger partial charge in [-0.1, -0.05) is 43.2 Å². The standard InChI is InChI=1S/C23H26N4O/c28-23(20-16-24-27(18-20)17-19-8-4-3-5-9-19)25-21-10-12-22(13-11-21)26-14-6-1-2-7-15-26/h3-5,8-13,16,18H,1-2,6-7,14-15,17H2,(H,25,28). The Bertz CT molecular complexity index is 894. The van der Waals surface area contributed by atoms with Crippen LogP contribution in [-0.2, 0) is 6.54 Å². The first-order valence-corrected chi connectivity index (χ1v) is 10.0. The molecule has 5 heteroatoms. The van der Waals surface area contributed by atoms with Gasteiger partial charge < -0.3 is 10.2 Å². The molecule has 0 saturated carbocycles. The lowest BCUT2D eigenvalue weighted by atomic mass is 10.2. The van der Waals surface area contributed by atoms with Gasteiger partial charge in [-0.3, -0.25) is 9.48 Å². The number of hydrogen-bond donors (Lipinski definition) is 1. The summed E-state index contributed by atoms with van der Waals surface area (Å²) in [5.41, 5.74) is 3.75. The molecule has 2 heterocycles. The van der Waals surface area contributed by atoms with Crippen LogP contribution in [0, 0.1) is 0 Å². The van der Waals surface area contributed by atoms with Crippen LogP contribution in [0.2, 0.25) is 0 Å². The number of carbonyl (C=O) groups excluding carboxylic acids is 1. The number of carbonyl (C=O) groups is 1. The van der Waals surface area contributed by atoms with E-state index in [9.17, 15) is 4.79 Å². The van der Waals surface area contributed by atoms with Crippen LogP contribution in [0.3, 0.4) is 0 Å². The Morgan fingerprint density at radius 2 is 1.64 bits per heavy atom. The maximum absolute atomic E-state index is 12.5. The molecule has 0 radical (unpaired) electrons. The predicted octanol–water partition coefficient (Wildman–Crippen LogP) is 4.56. The Morgan fingerprint density at radius 3 is 2.36 bits per heavy atom. The predicted molar refractivity (Wildman–Crippen MR) is 113 cm³/mol. The molecule has 0 aliphatic carbocycles. The van der Waals surface area contributed by atoms with Gasteiger partial charge in [-0.15, -0.1) is 0 Å². The lowest BCUT2D eigenvalue weighted by Crippen LogP contribution is -2.23. The van der Waals surface area contributed by atoms with Crippen LogP contribution in [-0.4, -0.2) is 28.8 Å². The Kier molecular flexibility index (Phi) is 5.71. The van der Waals surface area contributed by atoms with E-state index in [1.807, 2.05) is 42.5 Å². The maximum Gasteiger partial charge on any atom is 0.258 e. The molecule has 1 fully saturated rings. The van der Waals surface area contributed by atoms with E-state index in [0.717, 1.165) is 24.3 Å². The molecule has 28 heavy (non-hydrogen) atoms. The molecule has 144 valence electrons. The summed E-state index contributed by atoms with van der Waals surface area (Å²) in [7, 11) is 0. The number of nitrogens with one attached hydrogen (secondary N) is 1. The van der Waals surface area contributed by atoms with E-state index in [1.165, 1.54) is 31.4 Å². The van der Waals surface area contributed by atoms with Crippen molar-refractivity contribution in [2.24, 2.45) is 0 Å². The minimum Gasteiger partial charge on any atom is -0.372 e. The van der Waals surface area contributed by atoms with Crippen LogP contribution in [0.1, 0.15) is 41.6 Å². The minimum atomic E-state index is -0.137. The molecule has 0 bridgehead atoms. The summed E-state index contributed by atoms with van der Waals surface area (Å²) in [6.07, 6.45) is 8.56. The molecule has 1 amide bonds. The summed E-state index contributed by atoms with van der Waals surface area (Å²) in [6, 6.07) is 18.2. The molecule has 2 aromatic carbocycles. The Balaban J connectivity index is 1.37. The summed E-state index contributed by atoms with van der Waals surface area (Å²) in [5, 5.41) is 7.27. The van der Waals surface area contributed by atoms with Crippen molar-refractivity contribution in [1.82, 2.24) is 9.78 Å². The lowest BCUT2D eigenvalue weighted by Gasteiger charge is -2.22. The quantitative estimate of drug-likeness (QED) is 0.712. The molecular formula is C23H26N4O. The number of hydrogen-bond acceptors (Lipinski definition) is 3. The summed E-state index contributed by atoms with van der Waals surface area (Å²) in [6.45, 7) is 2.89. The van der Waals surface area contributed by atoms with E-state index >= 15 is 0 Å². The first kappa shape index (κ1) is 18.3. The lowest BCUT2D eigenvalue weighted by molar-refractivity contribution is 0.102. The van der Waals surface area contributed by atoms with Gasteiger partial charge >= 0.3 is 0 Å². The number of aromatic nitrogens is 2. The van der Waals surface area contributed by atoms with E-state index in [-0.39, 0.29) is 5.91 Å². The fourth-order valence-corrected chi connectivity index (χ4v) is 3.63. The van der Waals surface area contributed by atoms with Crippen LogP contribution in [0.15, 0.2) is 67.0 Å². The van der Waals surface area contributed by atoms with Crippen molar-refractivity contribution < 1.29 is 4.79 Å². The average Bonchev–Trinajstić information content (AvgIpc) is 3.02. The molecule has 4 rings (SSSR count). The molecule has 0 unspecified atom stereocenters. The van der Waals surface area contributed by atoms with Gasteiger partial charge in [0.15, 0.2) is 0 Å². The van der Waals surface area contributed by atoms with Crippen LogP contribution >= 0.6 is 0 Å². The van der Waals surface area contributed by atoms with Crippen LogP contribution in [0.4, 0.5) is 11.4 Å². The molecule has 0 atom stereocenters. The molecule has 1 aliphatic heterocycles. The second kappa shape index (κ2) is 8.74. The SMILES string of the molecule is O=C(Nc1ccc(N2CCCCCC2)cc1)c1cnn(Cc2ccccc2)c1. The van der Waals surface area contributed by atoms with Gasteiger partial charge in [0, 0.05) is 30.7 Å². The number of amides is 1. The molecule has 0 spiro atoms. The summed E-state index contributed by atoms with van der Waals surface area (Å²) >= 11 is 0. The largest absolute Gasteiger partial charge is 0.372 e. The van der Waals surface area contributed by atoms with E-state index in [4.69, 9.17) is 0 Å². The van der Waals surface area contributed by atoms with Crippen molar-refractivity contribution in [2.45, 2.75) is 32.2 Å². The van der Waals surface area contributed by atoms with Gasteiger partial charge in [0.25, 0.3) is 5.91 Å². The molecule has 1 aliphatic rings.